The van der Waals surface area contributed by atoms with Gasteiger partial charge in [0.1, 0.15) is 5.60 Å². The Morgan fingerprint density at radius 1 is 1.47 bits per heavy atom. The van der Waals surface area contributed by atoms with Gasteiger partial charge in [-0.3, -0.25) is 4.79 Å². The van der Waals surface area contributed by atoms with E-state index in [-0.39, 0.29) is 11.4 Å². The number of amides is 1. The van der Waals surface area contributed by atoms with E-state index in [4.69, 9.17) is 4.74 Å². The number of nitrogens with one attached hydrogen (secondary N) is 1. The van der Waals surface area contributed by atoms with Crippen LogP contribution in [0.2, 0.25) is 0 Å². The van der Waals surface area contributed by atoms with Crippen molar-refractivity contribution < 1.29 is 9.53 Å². The van der Waals surface area contributed by atoms with Crippen LogP contribution in [0, 0.1) is 0 Å². The lowest BCUT2D eigenvalue weighted by molar-refractivity contribution is -0.155. The molecule has 0 aromatic carbocycles. The van der Waals surface area contributed by atoms with Crippen LogP contribution in [0.1, 0.15) is 40.0 Å². The van der Waals surface area contributed by atoms with Gasteiger partial charge >= 0.3 is 0 Å². The normalized spacial score (nSPS) is 23.2. The first kappa shape index (κ1) is 14.5. The van der Waals surface area contributed by atoms with Crippen molar-refractivity contribution in [3.8, 4) is 0 Å². The fourth-order valence-electron chi connectivity index (χ4n) is 2.17. The SMILES string of the molecule is CCC(C)(OC)C(=O)N1CCC(C)(NC)CC1. The maximum Gasteiger partial charge on any atom is 0.254 e. The third-order valence-electron chi connectivity index (χ3n) is 4.34. The Bertz CT molecular complexity index is 267. The number of likely N-dealkylation sites (tertiary alicyclic amines) is 1. The molecule has 0 saturated carbocycles. The second-order valence-electron chi connectivity index (χ2n) is 5.39. The fraction of sp³-hybridized carbons (Fsp3) is 0.923. The molecule has 1 fully saturated rings. The molecule has 4 nitrogen and oxygen atoms in total. The smallest absolute Gasteiger partial charge is 0.254 e. The minimum Gasteiger partial charge on any atom is -0.369 e. The Hall–Kier alpha value is -0.610. The fourth-order valence-corrected chi connectivity index (χ4v) is 2.17. The first-order chi connectivity index (χ1) is 7.90. The predicted octanol–water partition coefficient (Wildman–Crippen LogP) is 1.40. The molecule has 0 radical (unpaired) electrons. The van der Waals surface area contributed by atoms with Crippen molar-refractivity contribution in [2.75, 3.05) is 27.2 Å². The molecule has 0 aromatic heterocycles. The van der Waals surface area contributed by atoms with E-state index in [0.717, 1.165) is 25.9 Å². The lowest BCUT2D eigenvalue weighted by atomic mass is 9.88. The monoisotopic (exact) mass is 242 g/mol. The number of carbonyl (C=O) groups is 1. The van der Waals surface area contributed by atoms with Gasteiger partial charge in [0, 0.05) is 25.7 Å². The van der Waals surface area contributed by atoms with Gasteiger partial charge in [0.05, 0.1) is 0 Å². The molecule has 0 bridgehead atoms. The first-order valence-corrected chi connectivity index (χ1v) is 6.44. The summed E-state index contributed by atoms with van der Waals surface area (Å²) in [5, 5.41) is 3.34. The summed E-state index contributed by atoms with van der Waals surface area (Å²) in [4.78, 5) is 14.3. The molecule has 1 rings (SSSR count). The van der Waals surface area contributed by atoms with Crippen LogP contribution in [0.25, 0.3) is 0 Å². The topological polar surface area (TPSA) is 41.6 Å². The lowest BCUT2D eigenvalue weighted by Crippen LogP contribution is -2.56. The highest BCUT2D eigenvalue weighted by Gasteiger charge is 2.38. The summed E-state index contributed by atoms with van der Waals surface area (Å²) in [6.07, 6.45) is 2.71. The van der Waals surface area contributed by atoms with Gasteiger partial charge in [0.25, 0.3) is 5.91 Å². The molecule has 0 aromatic rings. The number of carbonyl (C=O) groups excluding carboxylic acids is 1. The lowest BCUT2D eigenvalue weighted by Gasteiger charge is -2.42. The third-order valence-corrected chi connectivity index (χ3v) is 4.34. The van der Waals surface area contributed by atoms with Crippen molar-refractivity contribution in [1.29, 1.82) is 0 Å². The van der Waals surface area contributed by atoms with Crippen molar-refractivity contribution >= 4 is 5.91 Å². The van der Waals surface area contributed by atoms with Crippen molar-refractivity contribution in [3.63, 3.8) is 0 Å². The van der Waals surface area contributed by atoms with Gasteiger partial charge in [-0.15, -0.1) is 0 Å². The van der Waals surface area contributed by atoms with Crippen molar-refractivity contribution in [3.05, 3.63) is 0 Å². The average Bonchev–Trinajstić information content (AvgIpc) is 2.38. The quantitative estimate of drug-likeness (QED) is 0.810. The van der Waals surface area contributed by atoms with Gasteiger partial charge in [-0.05, 0) is 40.2 Å². The molecule has 1 saturated heterocycles. The summed E-state index contributed by atoms with van der Waals surface area (Å²) in [5.41, 5.74) is -0.486. The second kappa shape index (κ2) is 5.36. The highest BCUT2D eigenvalue weighted by atomic mass is 16.5. The molecule has 1 aliphatic rings. The van der Waals surface area contributed by atoms with Gasteiger partial charge in [-0.1, -0.05) is 6.92 Å². The average molecular weight is 242 g/mol. The van der Waals surface area contributed by atoms with Crippen LogP contribution in [0.15, 0.2) is 0 Å². The largest absolute Gasteiger partial charge is 0.369 e. The molecule has 1 heterocycles. The highest BCUT2D eigenvalue weighted by molar-refractivity contribution is 5.84. The molecule has 1 N–H and O–H groups in total. The zero-order valence-corrected chi connectivity index (χ0v) is 11.8. The molecule has 4 heteroatoms. The standard InChI is InChI=1S/C13H26N2O2/c1-6-13(3,17-5)11(16)15-9-7-12(2,14-4)8-10-15/h14H,6-10H2,1-5H3. The number of nitrogens with zero attached hydrogens (tertiary/aromatic N) is 1. The van der Waals surface area contributed by atoms with Crippen molar-refractivity contribution in [1.82, 2.24) is 10.2 Å². The summed E-state index contributed by atoms with van der Waals surface area (Å²) >= 11 is 0. The summed E-state index contributed by atoms with van der Waals surface area (Å²) in [5.74, 6) is 0.126. The van der Waals surface area contributed by atoms with Crippen LogP contribution >= 0.6 is 0 Å². The minimum absolute atomic E-state index is 0.126. The summed E-state index contributed by atoms with van der Waals surface area (Å²) in [6.45, 7) is 7.71. The molecule has 1 aliphatic heterocycles. The number of hydrogen-bond acceptors (Lipinski definition) is 3. The zero-order valence-electron chi connectivity index (χ0n) is 11.8. The van der Waals surface area contributed by atoms with Gasteiger partial charge in [-0.25, -0.2) is 0 Å². The van der Waals surface area contributed by atoms with Gasteiger partial charge < -0.3 is 15.0 Å². The maximum absolute atomic E-state index is 12.4. The van der Waals surface area contributed by atoms with Crippen LogP contribution in [-0.4, -0.2) is 49.2 Å². The molecule has 1 amide bonds. The molecule has 0 aliphatic carbocycles. The predicted molar refractivity (Wildman–Crippen MR) is 69.0 cm³/mol. The Morgan fingerprint density at radius 2 is 2.00 bits per heavy atom. The Kier molecular flexibility index (Phi) is 4.55. The Balaban J connectivity index is 2.63. The Labute approximate surface area is 105 Å². The third kappa shape index (κ3) is 2.99. The zero-order chi connectivity index (χ0) is 13.1. The molecule has 1 atom stereocenters. The molecular weight excluding hydrogens is 216 g/mol. The van der Waals surface area contributed by atoms with E-state index in [9.17, 15) is 4.79 Å². The molecule has 100 valence electrons. The molecule has 1 unspecified atom stereocenters. The van der Waals surface area contributed by atoms with E-state index in [1.54, 1.807) is 7.11 Å². The van der Waals surface area contributed by atoms with Crippen LogP contribution < -0.4 is 5.32 Å². The Morgan fingerprint density at radius 3 is 2.35 bits per heavy atom. The molecular formula is C13H26N2O2. The van der Waals surface area contributed by atoms with Gasteiger partial charge in [-0.2, -0.15) is 0 Å². The number of rotatable bonds is 4. The number of methoxy groups -OCH3 is 1. The van der Waals surface area contributed by atoms with E-state index >= 15 is 0 Å². The van der Waals surface area contributed by atoms with Crippen LogP contribution in [0.4, 0.5) is 0 Å². The van der Waals surface area contributed by atoms with Gasteiger partial charge in [0.15, 0.2) is 0 Å². The number of piperidine rings is 1. The highest BCUT2D eigenvalue weighted by Crippen LogP contribution is 2.25. The van der Waals surface area contributed by atoms with E-state index in [1.165, 1.54) is 0 Å². The van der Waals surface area contributed by atoms with Gasteiger partial charge in [0.2, 0.25) is 0 Å². The van der Waals surface area contributed by atoms with E-state index in [1.807, 2.05) is 25.8 Å². The van der Waals surface area contributed by atoms with E-state index < -0.39 is 5.60 Å². The molecule has 0 spiro atoms. The summed E-state index contributed by atoms with van der Waals surface area (Å²) < 4.78 is 5.37. The van der Waals surface area contributed by atoms with E-state index in [2.05, 4.69) is 12.2 Å². The number of hydrogen-bond donors (Lipinski definition) is 1. The van der Waals surface area contributed by atoms with Crippen LogP contribution in [0.3, 0.4) is 0 Å². The summed E-state index contributed by atoms with van der Waals surface area (Å²) in [7, 11) is 3.60. The van der Waals surface area contributed by atoms with Crippen LogP contribution in [0.5, 0.6) is 0 Å². The first-order valence-electron chi connectivity index (χ1n) is 6.44. The molecule has 17 heavy (non-hydrogen) atoms. The van der Waals surface area contributed by atoms with Crippen molar-refractivity contribution in [2.45, 2.75) is 51.2 Å². The maximum atomic E-state index is 12.4. The van der Waals surface area contributed by atoms with E-state index in [0.29, 0.717) is 6.42 Å². The summed E-state index contributed by atoms with van der Waals surface area (Å²) in [6, 6.07) is 0. The van der Waals surface area contributed by atoms with Crippen LogP contribution in [-0.2, 0) is 9.53 Å². The minimum atomic E-state index is -0.659. The number of ether oxygens (including phenoxy) is 1. The van der Waals surface area contributed by atoms with Crippen molar-refractivity contribution in [2.24, 2.45) is 0 Å². The second-order valence-corrected chi connectivity index (χ2v) is 5.39.